The van der Waals surface area contributed by atoms with Gasteiger partial charge < -0.3 is 11.1 Å². The van der Waals surface area contributed by atoms with Gasteiger partial charge in [0.2, 0.25) is 11.8 Å². The number of nitrogens with two attached hydrogens (primary N) is 1. The molecule has 20 heavy (non-hydrogen) atoms. The molecule has 0 bridgehead atoms. The number of amides is 2. The summed E-state index contributed by atoms with van der Waals surface area (Å²) in [5.41, 5.74) is 6.34. The predicted octanol–water partition coefficient (Wildman–Crippen LogP) is 0.908. The van der Waals surface area contributed by atoms with Crippen molar-refractivity contribution in [3.8, 4) is 0 Å². The number of carbonyl (C=O) groups is 2. The van der Waals surface area contributed by atoms with Crippen LogP contribution in [-0.2, 0) is 16.0 Å². The lowest BCUT2D eigenvalue weighted by molar-refractivity contribution is -0.124. The van der Waals surface area contributed by atoms with Gasteiger partial charge in [0.15, 0.2) is 0 Å². The van der Waals surface area contributed by atoms with E-state index in [1.165, 1.54) is 12.1 Å². The lowest BCUT2D eigenvalue weighted by Crippen LogP contribution is -2.33. The first-order chi connectivity index (χ1) is 9.54. The average Bonchev–Trinajstić information content (AvgIpc) is 2.42. The summed E-state index contributed by atoms with van der Waals surface area (Å²) in [6.45, 7) is -0.163. The molecule has 0 unspecified atom stereocenters. The molecular weight excluding hydrogens is 261 g/mol. The van der Waals surface area contributed by atoms with Crippen LogP contribution in [0.25, 0.3) is 10.9 Å². The van der Waals surface area contributed by atoms with E-state index in [2.05, 4.69) is 10.3 Å². The maximum absolute atomic E-state index is 13.0. The van der Waals surface area contributed by atoms with E-state index in [-0.39, 0.29) is 24.7 Å². The molecule has 2 rings (SSSR count). The Kier molecular flexibility index (Phi) is 4.24. The van der Waals surface area contributed by atoms with Gasteiger partial charge in [0.05, 0.1) is 12.1 Å². The van der Waals surface area contributed by atoms with E-state index in [1.54, 1.807) is 18.2 Å². The van der Waals surface area contributed by atoms with E-state index in [4.69, 9.17) is 5.73 Å². The molecule has 1 heterocycles. The molecular formula is C14H14FN3O2. The number of nitrogens with zero attached hydrogens (tertiary/aromatic N) is 1. The Labute approximate surface area is 115 Å². The molecule has 0 spiro atoms. The van der Waals surface area contributed by atoms with E-state index in [0.29, 0.717) is 17.3 Å². The van der Waals surface area contributed by atoms with Crippen LogP contribution in [0, 0.1) is 5.82 Å². The van der Waals surface area contributed by atoms with Crippen LogP contribution in [0.4, 0.5) is 4.39 Å². The van der Waals surface area contributed by atoms with E-state index >= 15 is 0 Å². The number of aromatic nitrogens is 1. The third kappa shape index (κ3) is 3.74. The number of rotatable bonds is 5. The van der Waals surface area contributed by atoms with Crippen molar-refractivity contribution in [3.05, 3.63) is 41.8 Å². The maximum atomic E-state index is 13.0. The van der Waals surface area contributed by atoms with Gasteiger partial charge >= 0.3 is 0 Å². The third-order valence-electron chi connectivity index (χ3n) is 2.78. The summed E-state index contributed by atoms with van der Waals surface area (Å²) in [5, 5.41) is 3.12. The van der Waals surface area contributed by atoms with Crippen molar-refractivity contribution in [1.82, 2.24) is 10.3 Å². The summed E-state index contributed by atoms with van der Waals surface area (Å²) in [7, 11) is 0. The van der Waals surface area contributed by atoms with Crippen molar-refractivity contribution in [2.24, 2.45) is 5.73 Å². The van der Waals surface area contributed by atoms with Gasteiger partial charge in [-0.2, -0.15) is 0 Å². The first-order valence-corrected chi connectivity index (χ1v) is 6.15. The summed E-state index contributed by atoms with van der Waals surface area (Å²) in [6.07, 6.45) is 0.658. The monoisotopic (exact) mass is 275 g/mol. The molecule has 6 heteroatoms. The minimum absolute atomic E-state index is 0.163. The molecule has 0 atom stereocenters. The van der Waals surface area contributed by atoms with Crippen LogP contribution in [0.5, 0.6) is 0 Å². The molecule has 0 radical (unpaired) electrons. The Morgan fingerprint density at radius 3 is 2.80 bits per heavy atom. The van der Waals surface area contributed by atoms with Gasteiger partial charge in [0.1, 0.15) is 5.82 Å². The zero-order valence-corrected chi connectivity index (χ0v) is 10.7. The van der Waals surface area contributed by atoms with E-state index in [1.807, 2.05) is 0 Å². The predicted molar refractivity (Wildman–Crippen MR) is 72.2 cm³/mol. The van der Waals surface area contributed by atoms with Crippen molar-refractivity contribution in [2.75, 3.05) is 6.54 Å². The quantitative estimate of drug-likeness (QED) is 0.850. The number of fused-ring (bicyclic) bond motifs is 1. The number of hydrogen-bond acceptors (Lipinski definition) is 3. The Hall–Kier alpha value is -2.50. The summed E-state index contributed by atoms with van der Waals surface area (Å²) >= 11 is 0. The molecule has 0 aliphatic heterocycles. The van der Waals surface area contributed by atoms with Crippen LogP contribution in [0.3, 0.4) is 0 Å². The van der Waals surface area contributed by atoms with Crippen LogP contribution < -0.4 is 11.1 Å². The highest BCUT2D eigenvalue weighted by Gasteiger charge is 2.05. The summed E-state index contributed by atoms with van der Waals surface area (Å²) in [4.78, 5) is 26.3. The maximum Gasteiger partial charge on any atom is 0.236 e. The van der Waals surface area contributed by atoms with Gasteiger partial charge in [0.25, 0.3) is 0 Å². The van der Waals surface area contributed by atoms with Gasteiger partial charge in [-0.15, -0.1) is 0 Å². The van der Waals surface area contributed by atoms with Crippen molar-refractivity contribution < 1.29 is 14.0 Å². The lowest BCUT2D eigenvalue weighted by atomic mass is 10.1. The van der Waals surface area contributed by atoms with Crippen molar-refractivity contribution >= 4 is 22.7 Å². The highest BCUT2D eigenvalue weighted by molar-refractivity contribution is 5.83. The zero-order chi connectivity index (χ0) is 14.5. The number of carbonyl (C=O) groups excluding carboxylic acids is 2. The van der Waals surface area contributed by atoms with Gasteiger partial charge in [-0.25, -0.2) is 4.39 Å². The zero-order valence-electron chi connectivity index (χ0n) is 10.7. The topological polar surface area (TPSA) is 85.1 Å². The summed E-state index contributed by atoms with van der Waals surface area (Å²) < 4.78 is 13.0. The number of benzene rings is 1. The van der Waals surface area contributed by atoms with Crippen LogP contribution in [0.2, 0.25) is 0 Å². The standard InChI is InChI=1S/C14H14FN3O2/c15-10-2-5-12-9(7-10)1-3-11(18-12)4-6-14(20)17-8-13(16)19/h1-3,5,7H,4,6,8H2,(H2,16,19)(H,17,20). The third-order valence-corrected chi connectivity index (χ3v) is 2.78. The SMILES string of the molecule is NC(=O)CNC(=O)CCc1ccc2cc(F)ccc2n1. The number of halogens is 1. The molecule has 104 valence electrons. The number of aryl methyl sites for hydroxylation is 1. The second-order valence-corrected chi connectivity index (χ2v) is 4.38. The minimum atomic E-state index is -0.579. The van der Waals surface area contributed by atoms with E-state index in [9.17, 15) is 14.0 Å². The van der Waals surface area contributed by atoms with Crippen molar-refractivity contribution in [1.29, 1.82) is 0 Å². The first-order valence-electron chi connectivity index (χ1n) is 6.15. The number of pyridine rings is 1. The number of nitrogens with one attached hydrogen (secondary N) is 1. The molecule has 0 saturated carbocycles. The summed E-state index contributed by atoms with van der Waals surface area (Å²) in [6, 6.07) is 7.87. The number of hydrogen-bond donors (Lipinski definition) is 2. The Balaban J connectivity index is 1.98. The molecule has 5 nitrogen and oxygen atoms in total. The van der Waals surface area contributed by atoms with Crippen molar-refractivity contribution in [2.45, 2.75) is 12.8 Å². The van der Waals surface area contributed by atoms with Gasteiger partial charge in [-0.05, 0) is 30.7 Å². The number of primary amides is 1. The van der Waals surface area contributed by atoms with Gasteiger partial charge in [0, 0.05) is 17.5 Å². The minimum Gasteiger partial charge on any atom is -0.368 e. The van der Waals surface area contributed by atoms with E-state index in [0.717, 1.165) is 5.69 Å². The second-order valence-electron chi connectivity index (χ2n) is 4.38. The Bertz CT molecular complexity index is 658. The molecule has 0 saturated heterocycles. The Morgan fingerprint density at radius 1 is 1.25 bits per heavy atom. The van der Waals surface area contributed by atoms with Crippen LogP contribution in [-0.4, -0.2) is 23.3 Å². The van der Waals surface area contributed by atoms with Crippen molar-refractivity contribution in [3.63, 3.8) is 0 Å². The van der Waals surface area contributed by atoms with E-state index < -0.39 is 5.91 Å². The molecule has 0 aliphatic carbocycles. The molecule has 2 aromatic rings. The van der Waals surface area contributed by atoms with Gasteiger partial charge in [-0.3, -0.25) is 14.6 Å². The molecule has 1 aromatic heterocycles. The lowest BCUT2D eigenvalue weighted by Gasteiger charge is -2.04. The van der Waals surface area contributed by atoms with Crippen LogP contribution >= 0.6 is 0 Å². The smallest absolute Gasteiger partial charge is 0.236 e. The first kappa shape index (κ1) is 13.9. The molecule has 3 N–H and O–H groups in total. The van der Waals surface area contributed by atoms with Gasteiger partial charge in [-0.1, -0.05) is 6.07 Å². The van der Waals surface area contributed by atoms with Crippen LogP contribution in [0.1, 0.15) is 12.1 Å². The highest BCUT2D eigenvalue weighted by atomic mass is 19.1. The fourth-order valence-electron chi connectivity index (χ4n) is 1.79. The largest absolute Gasteiger partial charge is 0.368 e. The molecule has 0 aliphatic rings. The highest BCUT2D eigenvalue weighted by Crippen LogP contribution is 2.14. The van der Waals surface area contributed by atoms with Crippen LogP contribution in [0.15, 0.2) is 30.3 Å². The normalized spacial score (nSPS) is 10.4. The Morgan fingerprint density at radius 2 is 2.05 bits per heavy atom. The molecule has 1 aromatic carbocycles. The average molecular weight is 275 g/mol. The molecule has 0 fully saturated rings. The summed E-state index contributed by atoms with van der Waals surface area (Å²) in [5.74, 6) is -1.15. The molecule has 2 amide bonds. The second kappa shape index (κ2) is 6.10. The fourth-order valence-corrected chi connectivity index (χ4v) is 1.79. The fraction of sp³-hybridized carbons (Fsp3) is 0.214.